The first kappa shape index (κ1) is 18.2. The van der Waals surface area contributed by atoms with Crippen molar-refractivity contribution in [2.75, 3.05) is 18.9 Å². The number of carbonyl (C=O) groups is 3. The lowest BCUT2D eigenvalue weighted by atomic mass is 10.2. The second kappa shape index (κ2) is 7.93. The average Bonchev–Trinajstić information content (AvgIpc) is 2.40. The summed E-state index contributed by atoms with van der Waals surface area (Å²) in [5.74, 6) is -0.904. The first-order chi connectivity index (χ1) is 10.2. The van der Waals surface area contributed by atoms with E-state index in [0.717, 1.165) is 10.0 Å². The van der Waals surface area contributed by atoms with Crippen molar-refractivity contribution >= 4 is 39.3 Å². The van der Waals surface area contributed by atoms with Crippen LogP contribution in [-0.4, -0.2) is 42.3 Å². The number of likely N-dealkylation sites (N-methyl/N-ethyl adjacent to an activating group) is 1. The van der Waals surface area contributed by atoms with Gasteiger partial charge in [-0.25, -0.2) is 0 Å². The van der Waals surface area contributed by atoms with Crippen molar-refractivity contribution in [3.8, 4) is 0 Å². The van der Waals surface area contributed by atoms with E-state index in [9.17, 15) is 14.4 Å². The summed E-state index contributed by atoms with van der Waals surface area (Å²) in [6, 6.07) is 4.85. The smallest absolute Gasteiger partial charge is 0.245 e. The lowest BCUT2D eigenvalue weighted by Crippen LogP contribution is -2.46. The van der Waals surface area contributed by atoms with Gasteiger partial charge in [0.05, 0.1) is 6.54 Å². The molecule has 0 aliphatic carbocycles. The van der Waals surface area contributed by atoms with Crippen LogP contribution in [0.2, 0.25) is 0 Å². The Labute approximate surface area is 138 Å². The molecule has 0 aromatic heterocycles. The van der Waals surface area contributed by atoms with Crippen LogP contribution in [-0.2, 0) is 14.4 Å². The summed E-state index contributed by atoms with van der Waals surface area (Å²) < 4.78 is 0.930. The van der Waals surface area contributed by atoms with Crippen LogP contribution in [0.1, 0.15) is 19.4 Å². The fourth-order valence-corrected chi connectivity index (χ4v) is 2.42. The van der Waals surface area contributed by atoms with Crippen molar-refractivity contribution in [1.82, 2.24) is 10.2 Å². The topological polar surface area (TPSA) is 78.5 Å². The Hall–Kier alpha value is -1.89. The summed E-state index contributed by atoms with van der Waals surface area (Å²) in [4.78, 5) is 36.2. The van der Waals surface area contributed by atoms with Crippen molar-refractivity contribution in [2.45, 2.75) is 26.8 Å². The quantitative estimate of drug-likeness (QED) is 0.828. The van der Waals surface area contributed by atoms with E-state index in [0.29, 0.717) is 5.69 Å². The zero-order chi connectivity index (χ0) is 16.9. The number of benzene rings is 1. The molecule has 3 amide bonds. The third-order valence-electron chi connectivity index (χ3n) is 3.01. The van der Waals surface area contributed by atoms with Gasteiger partial charge in [-0.05, 0) is 37.6 Å². The molecule has 1 atom stereocenters. The fraction of sp³-hybridized carbons (Fsp3) is 0.400. The number of nitrogens with zero attached hydrogens (tertiary/aromatic N) is 1. The maximum absolute atomic E-state index is 12.0. The highest BCUT2D eigenvalue weighted by molar-refractivity contribution is 9.10. The molecule has 120 valence electrons. The van der Waals surface area contributed by atoms with Gasteiger partial charge >= 0.3 is 0 Å². The maximum atomic E-state index is 12.0. The lowest BCUT2D eigenvalue weighted by Gasteiger charge is -2.21. The highest BCUT2D eigenvalue weighted by Crippen LogP contribution is 2.19. The Morgan fingerprint density at radius 3 is 2.50 bits per heavy atom. The predicted molar refractivity (Wildman–Crippen MR) is 88.4 cm³/mol. The molecule has 7 heteroatoms. The Bertz CT molecular complexity index is 589. The van der Waals surface area contributed by atoms with Gasteiger partial charge in [0.25, 0.3) is 0 Å². The minimum atomic E-state index is -0.662. The van der Waals surface area contributed by atoms with E-state index in [1.54, 1.807) is 13.0 Å². The van der Waals surface area contributed by atoms with E-state index in [-0.39, 0.29) is 24.3 Å². The van der Waals surface area contributed by atoms with Crippen molar-refractivity contribution in [3.05, 3.63) is 28.2 Å². The standard InChI is InChI=1S/C15H20BrN3O3/c1-9-7-12(16)5-6-13(9)18-14(21)8-19(4)15(22)10(2)17-11(3)20/h5-7,10H,8H2,1-4H3,(H,17,20)(H,18,21). The molecule has 6 nitrogen and oxygen atoms in total. The van der Waals surface area contributed by atoms with Crippen LogP contribution in [0.25, 0.3) is 0 Å². The van der Waals surface area contributed by atoms with E-state index in [2.05, 4.69) is 26.6 Å². The molecule has 0 spiro atoms. The summed E-state index contributed by atoms with van der Waals surface area (Å²) in [5, 5.41) is 5.26. The lowest BCUT2D eigenvalue weighted by molar-refractivity contribution is -0.136. The van der Waals surface area contributed by atoms with Gasteiger partial charge < -0.3 is 15.5 Å². The van der Waals surface area contributed by atoms with Gasteiger partial charge in [-0.3, -0.25) is 14.4 Å². The molecule has 1 unspecified atom stereocenters. The van der Waals surface area contributed by atoms with Gasteiger partial charge in [0.15, 0.2) is 0 Å². The van der Waals surface area contributed by atoms with Crippen LogP contribution >= 0.6 is 15.9 Å². The van der Waals surface area contributed by atoms with Gasteiger partial charge in [0, 0.05) is 24.1 Å². The molecule has 0 saturated carbocycles. The number of aryl methyl sites for hydroxylation is 1. The van der Waals surface area contributed by atoms with Crippen LogP contribution in [0, 0.1) is 6.92 Å². The van der Waals surface area contributed by atoms with Crippen molar-refractivity contribution in [1.29, 1.82) is 0 Å². The molecule has 0 radical (unpaired) electrons. The van der Waals surface area contributed by atoms with Crippen molar-refractivity contribution in [2.24, 2.45) is 0 Å². The van der Waals surface area contributed by atoms with Gasteiger partial charge in [-0.2, -0.15) is 0 Å². The zero-order valence-electron chi connectivity index (χ0n) is 13.1. The van der Waals surface area contributed by atoms with Gasteiger partial charge in [-0.15, -0.1) is 0 Å². The largest absolute Gasteiger partial charge is 0.345 e. The Kier molecular flexibility index (Phi) is 6.55. The summed E-state index contributed by atoms with van der Waals surface area (Å²) in [7, 11) is 1.52. The highest BCUT2D eigenvalue weighted by atomic mass is 79.9. The minimum Gasteiger partial charge on any atom is -0.345 e. The predicted octanol–water partition coefficient (Wildman–Crippen LogP) is 1.68. The maximum Gasteiger partial charge on any atom is 0.245 e. The summed E-state index contributed by atoms with van der Waals surface area (Å²) in [6.07, 6.45) is 0. The number of nitrogens with one attached hydrogen (secondary N) is 2. The van der Waals surface area contributed by atoms with Crippen LogP contribution in [0.15, 0.2) is 22.7 Å². The summed E-state index contributed by atoms with van der Waals surface area (Å²) in [5.41, 5.74) is 1.62. The molecule has 0 saturated heterocycles. The fourth-order valence-electron chi connectivity index (χ4n) is 1.95. The first-order valence-corrected chi connectivity index (χ1v) is 7.58. The monoisotopic (exact) mass is 369 g/mol. The molecule has 1 rings (SSSR count). The number of anilines is 1. The van der Waals surface area contributed by atoms with E-state index >= 15 is 0 Å². The molecule has 22 heavy (non-hydrogen) atoms. The number of rotatable bonds is 5. The highest BCUT2D eigenvalue weighted by Gasteiger charge is 2.20. The molecular formula is C15H20BrN3O3. The van der Waals surface area contributed by atoms with E-state index < -0.39 is 6.04 Å². The molecule has 0 aliphatic rings. The molecular weight excluding hydrogens is 350 g/mol. The molecule has 1 aromatic rings. The van der Waals surface area contributed by atoms with Crippen LogP contribution in [0.4, 0.5) is 5.69 Å². The first-order valence-electron chi connectivity index (χ1n) is 6.78. The number of hydrogen-bond donors (Lipinski definition) is 2. The third-order valence-corrected chi connectivity index (χ3v) is 3.50. The number of carbonyl (C=O) groups excluding carboxylic acids is 3. The molecule has 0 aliphatic heterocycles. The van der Waals surface area contributed by atoms with E-state index in [4.69, 9.17) is 0 Å². The Balaban J connectivity index is 2.60. The van der Waals surface area contributed by atoms with Crippen LogP contribution in [0.3, 0.4) is 0 Å². The number of amides is 3. The molecule has 0 heterocycles. The van der Waals surface area contributed by atoms with Gasteiger partial charge in [0.2, 0.25) is 17.7 Å². The molecule has 0 fully saturated rings. The molecule has 2 N–H and O–H groups in total. The second-order valence-electron chi connectivity index (χ2n) is 5.12. The van der Waals surface area contributed by atoms with Gasteiger partial charge in [-0.1, -0.05) is 15.9 Å². The van der Waals surface area contributed by atoms with Crippen LogP contribution < -0.4 is 10.6 Å². The van der Waals surface area contributed by atoms with Gasteiger partial charge in [0.1, 0.15) is 6.04 Å². The normalized spacial score (nSPS) is 11.5. The Morgan fingerprint density at radius 1 is 1.32 bits per heavy atom. The SMILES string of the molecule is CC(=O)NC(C)C(=O)N(C)CC(=O)Nc1ccc(Br)cc1C. The zero-order valence-corrected chi connectivity index (χ0v) is 14.7. The summed E-state index contributed by atoms with van der Waals surface area (Å²) in [6.45, 7) is 4.72. The van der Waals surface area contributed by atoms with Crippen molar-refractivity contribution < 1.29 is 14.4 Å². The van der Waals surface area contributed by atoms with E-state index in [1.807, 2.05) is 19.1 Å². The number of hydrogen-bond acceptors (Lipinski definition) is 3. The Morgan fingerprint density at radius 2 is 1.95 bits per heavy atom. The summed E-state index contributed by atoms with van der Waals surface area (Å²) >= 11 is 3.36. The van der Waals surface area contributed by atoms with E-state index in [1.165, 1.54) is 18.9 Å². The minimum absolute atomic E-state index is 0.0851. The van der Waals surface area contributed by atoms with Crippen LogP contribution in [0.5, 0.6) is 0 Å². The average molecular weight is 370 g/mol. The second-order valence-corrected chi connectivity index (χ2v) is 6.04. The molecule has 0 bridgehead atoms. The third kappa shape index (κ3) is 5.48. The number of halogens is 1. The molecule has 1 aromatic carbocycles. The van der Waals surface area contributed by atoms with Crippen molar-refractivity contribution in [3.63, 3.8) is 0 Å².